The maximum absolute atomic E-state index is 13.2. The zero-order valence-corrected chi connectivity index (χ0v) is 18.5. The number of sulfonamides is 1. The van der Waals surface area contributed by atoms with E-state index < -0.39 is 15.9 Å². The molecule has 4 aromatic rings. The molecule has 0 spiro atoms. The van der Waals surface area contributed by atoms with Crippen molar-refractivity contribution in [2.75, 3.05) is 9.73 Å². The summed E-state index contributed by atoms with van der Waals surface area (Å²) >= 11 is 1.12. The summed E-state index contributed by atoms with van der Waals surface area (Å²) in [6, 6.07) is 24.8. The van der Waals surface area contributed by atoms with E-state index in [1.807, 2.05) is 60.7 Å². The lowest BCUT2D eigenvalue weighted by Crippen LogP contribution is -2.37. The first-order valence-corrected chi connectivity index (χ1v) is 12.0. The van der Waals surface area contributed by atoms with Gasteiger partial charge in [0.1, 0.15) is 0 Å². The minimum Gasteiger partial charge on any atom is -0.325 e. The van der Waals surface area contributed by atoms with E-state index in [9.17, 15) is 13.2 Å². The number of anilines is 2. The predicted molar refractivity (Wildman–Crippen MR) is 126 cm³/mol. The van der Waals surface area contributed by atoms with E-state index in [-0.39, 0.29) is 15.9 Å². The molecule has 0 unspecified atom stereocenters. The molecule has 0 aliphatic heterocycles. The number of carbonyl (C=O) groups is 1. The first-order valence-electron chi connectivity index (χ1n) is 9.67. The van der Waals surface area contributed by atoms with Gasteiger partial charge in [0.15, 0.2) is 0 Å². The summed E-state index contributed by atoms with van der Waals surface area (Å²) in [5.41, 5.74) is 2.19. The first-order chi connectivity index (χ1) is 15.5. The zero-order chi connectivity index (χ0) is 22.6. The standard InChI is InChI=1S/C23H20N4O3S2/c24-27(23-25-15-16-31-23)32(29,30)20-13-11-19(12-14-20)26-22(28)21(17-7-3-1-4-8-17)18-9-5-2-6-10-18/h1-16,21H,24H2,(H,26,28). The molecular weight excluding hydrogens is 444 g/mol. The molecule has 0 saturated heterocycles. The van der Waals surface area contributed by atoms with Crippen LogP contribution < -0.4 is 15.6 Å². The zero-order valence-electron chi connectivity index (χ0n) is 16.8. The van der Waals surface area contributed by atoms with Crippen molar-refractivity contribution in [1.29, 1.82) is 0 Å². The van der Waals surface area contributed by atoms with Crippen LogP contribution in [0.15, 0.2) is 101 Å². The van der Waals surface area contributed by atoms with Crippen molar-refractivity contribution in [3.05, 3.63) is 108 Å². The molecule has 7 nitrogen and oxygen atoms in total. The number of nitrogens with zero attached hydrogens (tertiary/aromatic N) is 2. The Labute approximate surface area is 190 Å². The van der Waals surface area contributed by atoms with Gasteiger partial charge in [-0.1, -0.05) is 60.7 Å². The van der Waals surface area contributed by atoms with Gasteiger partial charge < -0.3 is 5.32 Å². The van der Waals surface area contributed by atoms with E-state index in [2.05, 4.69) is 10.3 Å². The number of carbonyl (C=O) groups excluding carboxylic acids is 1. The van der Waals surface area contributed by atoms with Crippen LogP contribution >= 0.6 is 11.3 Å². The highest BCUT2D eigenvalue weighted by atomic mass is 32.2. The number of hydrogen-bond donors (Lipinski definition) is 2. The number of nitrogens with one attached hydrogen (secondary N) is 1. The Bertz CT molecular complexity index is 1240. The molecule has 0 atom stereocenters. The SMILES string of the molecule is NN(c1nccs1)S(=O)(=O)c1ccc(NC(=O)C(c2ccccc2)c2ccccc2)cc1. The number of nitrogens with two attached hydrogens (primary N) is 1. The van der Waals surface area contributed by atoms with Crippen molar-refractivity contribution in [3.63, 3.8) is 0 Å². The predicted octanol–water partition coefficient (Wildman–Crippen LogP) is 3.98. The summed E-state index contributed by atoms with van der Waals surface area (Å²) in [6.45, 7) is 0. The van der Waals surface area contributed by atoms with Crippen molar-refractivity contribution in [2.24, 2.45) is 5.84 Å². The maximum Gasteiger partial charge on any atom is 0.279 e. The van der Waals surface area contributed by atoms with Crippen LogP contribution in [-0.4, -0.2) is 19.3 Å². The average Bonchev–Trinajstić information content (AvgIpc) is 3.35. The number of thiazole rings is 1. The quantitative estimate of drug-likeness (QED) is 0.318. The van der Waals surface area contributed by atoms with Gasteiger partial charge in [0, 0.05) is 17.3 Å². The smallest absolute Gasteiger partial charge is 0.279 e. The van der Waals surface area contributed by atoms with Crippen LogP contribution in [0.4, 0.5) is 10.8 Å². The molecule has 0 bridgehead atoms. The fourth-order valence-electron chi connectivity index (χ4n) is 3.25. The third-order valence-corrected chi connectivity index (χ3v) is 7.26. The highest BCUT2D eigenvalue weighted by Gasteiger charge is 2.25. The Morgan fingerprint density at radius 1 is 0.906 bits per heavy atom. The molecule has 4 rings (SSSR count). The normalized spacial score (nSPS) is 11.3. The second kappa shape index (κ2) is 9.31. The molecule has 0 aliphatic carbocycles. The number of benzene rings is 3. The topological polar surface area (TPSA) is 105 Å². The van der Waals surface area contributed by atoms with Gasteiger partial charge in [-0.25, -0.2) is 10.8 Å². The second-order valence-corrected chi connectivity index (χ2v) is 9.57. The molecule has 3 aromatic carbocycles. The van der Waals surface area contributed by atoms with Crippen molar-refractivity contribution in [3.8, 4) is 0 Å². The van der Waals surface area contributed by atoms with Gasteiger partial charge in [0.2, 0.25) is 11.0 Å². The number of rotatable bonds is 7. The van der Waals surface area contributed by atoms with Crippen molar-refractivity contribution >= 4 is 38.1 Å². The summed E-state index contributed by atoms with van der Waals surface area (Å²) in [5.74, 6) is 5.03. The van der Waals surface area contributed by atoms with Gasteiger partial charge in [-0.05, 0) is 35.4 Å². The Morgan fingerprint density at radius 2 is 1.47 bits per heavy atom. The fraction of sp³-hybridized carbons (Fsp3) is 0.0435. The molecule has 9 heteroatoms. The van der Waals surface area contributed by atoms with Crippen LogP contribution in [-0.2, 0) is 14.8 Å². The van der Waals surface area contributed by atoms with Gasteiger partial charge in [-0.2, -0.15) is 12.8 Å². The molecule has 1 amide bonds. The van der Waals surface area contributed by atoms with E-state index in [1.165, 1.54) is 30.5 Å². The summed E-state index contributed by atoms with van der Waals surface area (Å²) in [6.07, 6.45) is 1.48. The second-order valence-electron chi connectivity index (χ2n) is 6.88. The molecule has 0 fully saturated rings. The third-order valence-electron chi connectivity index (χ3n) is 4.81. The van der Waals surface area contributed by atoms with E-state index in [0.29, 0.717) is 10.1 Å². The highest BCUT2D eigenvalue weighted by Crippen LogP contribution is 2.27. The Morgan fingerprint density at radius 3 is 1.97 bits per heavy atom. The van der Waals surface area contributed by atoms with Gasteiger partial charge in [0.05, 0.1) is 10.8 Å². The highest BCUT2D eigenvalue weighted by molar-refractivity contribution is 7.93. The lowest BCUT2D eigenvalue weighted by atomic mass is 9.90. The van der Waals surface area contributed by atoms with Crippen molar-refractivity contribution in [2.45, 2.75) is 10.8 Å². The van der Waals surface area contributed by atoms with Gasteiger partial charge in [-0.15, -0.1) is 11.3 Å². The van der Waals surface area contributed by atoms with Crippen LogP contribution in [0.25, 0.3) is 0 Å². The number of hydrogen-bond acceptors (Lipinski definition) is 6. The molecule has 3 N–H and O–H groups in total. The number of amides is 1. The minimum atomic E-state index is -3.96. The van der Waals surface area contributed by atoms with Crippen molar-refractivity contribution < 1.29 is 13.2 Å². The average molecular weight is 465 g/mol. The maximum atomic E-state index is 13.2. The molecule has 1 aromatic heterocycles. The number of hydrazine groups is 1. The van der Waals surface area contributed by atoms with E-state index in [4.69, 9.17) is 5.84 Å². The summed E-state index contributed by atoms with van der Waals surface area (Å²) in [4.78, 5) is 17.1. The molecule has 0 saturated carbocycles. The number of aromatic nitrogens is 1. The van der Waals surface area contributed by atoms with E-state index in [0.717, 1.165) is 22.5 Å². The van der Waals surface area contributed by atoms with Gasteiger partial charge >= 0.3 is 0 Å². The van der Waals surface area contributed by atoms with Gasteiger partial charge in [0.25, 0.3) is 10.0 Å². The largest absolute Gasteiger partial charge is 0.325 e. The van der Waals surface area contributed by atoms with Crippen LogP contribution in [0, 0.1) is 0 Å². The summed E-state index contributed by atoms with van der Waals surface area (Å²) in [7, 11) is -3.96. The van der Waals surface area contributed by atoms with Gasteiger partial charge in [-0.3, -0.25) is 4.79 Å². The van der Waals surface area contributed by atoms with Crippen LogP contribution in [0.2, 0.25) is 0 Å². The molecular formula is C23H20N4O3S2. The summed E-state index contributed by atoms with van der Waals surface area (Å²) in [5, 5.41) is 4.69. The monoisotopic (exact) mass is 464 g/mol. The molecule has 1 heterocycles. The Kier molecular flexibility index (Phi) is 6.31. The molecule has 0 aliphatic rings. The van der Waals surface area contributed by atoms with E-state index >= 15 is 0 Å². The van der Waals surface area contributed by atoms with Crippen LogP contribution in [0.3, 0.4) is 0 Å². The fourth-order valence-corrected chi connectivity index (χ4v) is 5.10. The van der Waals surface area contributed by atoms with Crippen LogP contribution in [0.5, 0.6) is 0 Å². The molecule has 162 valence electrons. The third kappa shape index (κ3) is 4.54. The lowest BCUT2D eigenvalue weighted by Gasteiger charge is -2.18. The Hall–Kier alpha value is -3.53. The Balaban J connectivity index is 1.56. The van der Waals surface area contributed by atoms with E-state index in [1.54, 1.807) is 5.38 Å². The molecule has 32 heavy (non-hydrogen) atoms. The van der Waals surface area contributed by atoms with Crippen LogP contribution in [0.1, 0.15) is 17.0 Å². The van der Waals surface area contributed by atoms with Crippen molar-refractivity contribution in [1.82, 2.24) is 4.98 Å². The first kappa shape index (κ1) is 21.7. The summed E-state index contributed by atoms with van der Waals surface area (Å²) < 4.78 is 26.1. The minimum absolute atomic E-state index is 0.00383. The molecule has 0 radical (unpaired) electrons. The lowest BCUT2D eigenvalue weighted by molar-refractivity contribution is -0.116.